The van der Waals surface area contributed by atoms with Gasteiger partial charge in [-0.3, -0.25) is 9.59 Å². The molecule has 29 heavy (non-hydrogen) atoms. The van der Waals surface area contributed by atoms with Gasteiger partial charge in [0.1, 0.15) is 12.4 Å². The molecule has 8 heteroatoms. The fourth-order valence-electron chi connectivity index (χ4n) is 3.66. The minimum absolute atomic E-state index is 0.0521. The van der Waals surface area contributed by atoms with Crippen molar-refractivity contribution in [2.24, 2.45) is 5.73 Å². The Labute approximate surface area is 165 Å². The molecule has 1 aromatic heterocycles. The third-order valence-electron chi connectivity index (χ3n) is 5.09. The average molecular weight is 399 g/mol. The molecule has 0 fully saturated rings. The molecule has 1 aliphatic heterocycles. The second-order valence-electron chi connectivity index (χ2n) is 7.00. The van der Waals surface area contributed by atoms with E-state index < -0.39 is 17.5 Å². The second-order valence-corrected chi connectivity index (χ2v) is 7.00. The van der Waals surface area contributed by atoms with Crippen LogP contribution in [0.25, 0.3) is 10.9 Å². The molecule has 1 atom stereocenters. The van der Waals surface area contributed by atoms with Gasteiger partial charge in [-0.2, -0.15) is 0 Å². The zero-order valence-electron chi connectivity index (χ0n) is 15.4. The maximum atomic E-state index is 13.9. The Bertz CT molecular complexity index is 1110. The Morgan fingerprint density at radius 1 is 1.21 bits per heavy atom. The van der Waals surface area contributed by atoms with Gasteiger partial charge in [-0.15, -0.1) is 0 Å². The van der Waals surface area contributed by atoms with Crippen molar-refractivity contribution < 1.29 is 23.1 Å². The molecule has 1 unspecified atom stereocenters. The van der Waals surface area contributed by atoms with Crippen LogP contribution in [-0.4, -0.2) is 35.9 Å². The maximum Gasteiger partial charge on any atom is 0.249 e. The first-order valence-corrected chi connectivity index (χ1v) is 9.21. The molecule has 2 aromatic carbocycles. The van der Waals surface area contributed by atoms with Crippen LogP contribution in [0.15, 0.2) is 36.5 Å². The summed E-state index contributed by atoms with van der Waals surface area (Å²) in [5.41, 5.74) is 7.16. The minimum atomic E-state index is -0.646. The highest BCUT2D eigenvalue weighted by Gasteiger charge is 2.26. The normalized spacial score (nSPS) is 15.7. The molecule has 6 nitrogen and oxygen atoms in total. The van der Waals surface area contributed by atoms with E-state index >= 15 is 0 Å². The summed E-state index contributed by atoms with van der Waals surface area (Å²) in [6.07, 6.45) is 2.13. The number of fused-ring (bicyclic) bond motifs is 2. The van der Waals surface area contributed by atoms with Gasteiger partial charge in [0.25, 0.3) is 0 Å². The number of rotatable bonds is 6. The summed E-state index contributed by atoms with van der Waals surface area (Å²) in [4.78, 5) is 27.1. The highest BCUT2D eigenvalue weighted by Crippen LogP contribution is 2.31. The van der Waals surface area contributed by atoms with Gasteiger partial charge in [0.2, 0.25) is 5.91 Å². The van der Waals surface area contributed by atoms with E-state index in [-0.39, 0.29) is 36.2 Å². The maximum absolute atomic E-state index is 13.9. The fourth-order valence-corrected chi connectivity index (χ4v) is 3.66. The predicted octanol–water partition coefficient (Wildman–Crippen LogP) is 2.71. The van der Waals surface area contributed by atoms with Crippen LogP contribution in [0, 0.1) is 11.6 Å². The lowest BCUT2D eigenvalue weighted by Crippen LogP contribution is -2.41. The largest absolute Gasteiger partial charge is 0.489 e. The van der Waals surface area contributed by atoms with Crippen molar-refractivity contribution >= 4 is 22.6 Å². The lowest BCUT2D eigenvalue weighted by molar-refractivity contribution is 0.0980. The lowest BCUT2D eigenvalue weighted by atomic mass is 9.96. The summed E-state index contributed by atoms with van der Waals surface area (Å²) < 4.78 is 32.9. The van der Waals surface area contributed by atoms with Gasteiger partial charge in [0, 0.05) is 52.8 Å². The van der Waals surface area contributed by atoms with Gasteiger partial charge in [0.15, 0.2) is 17.3 Å². The Kier molecular flexibility index (Phi) is 5.02. The third kappa shape index (κ3) is 3.71. The van der Waals surface area contributed by atoms with Crippen LogP contribution >= 0.6 is 0 Å². The molecule has 0 saturated heterocycles. The van der Waals surface area contributed by atoms with Crippen LogP contribution in [-0.2, 0) is 6.42 Å². The van der Waals surface area contributed by atoms with Gasteiger partial charge >= 0.3 is 0 Å². The van der Waals surface area contributed by atoms with E-state index in [2.05, 4.69) is 10.3 Å². The van der Waals surface area contributed by atoms with Crippen molar-refractivity contribution in [1.29, 1.82) is 0 Å². The van der Waals surface area contributed by atoms with Crippen molar-refractivity contribution in [3.05, 3.63) is 64.9 Å². The summed E-state index contributed by atoms with van der Waals surface area (Å²) in [5.74, 6) is -1.66. The fraction of sp³-hybridized carbons (Fsp3) is 0.238. The molecule has 0 spiro atoms. The van der Waals surface area contributed by atoms with E-state index in [1.54, 1.807) is 12.3 Å². The first kappa shape index (κ1) is 19.1. The molecule has 4 N–H and O–H groups in total. The van der Waals surface area contributed by atoms with Crippen LogP contribution < -0.4 is 15.8 Å². The van der Waals surface area contributed by atoms with Crippen molar-refractivity contribution in [3.8, 4) is 5.75 Å². The van der Waals surface area contributed by atoms with E-state index in [4.69, 9.17) is 10.5 Å². The molecule has 4 rings (SSSR count). The molecular formula is C21H19F2N3O3. The highest BCUT2D eigenvalue weighted by atomic mass is 19.1. The molecule has 2 heterocycles. The number of nitrogens with one attached hydrogen (secondary N) is 2. The van der Waals surface area contributed by atoms with E-state index in [0.29, 0.717) is 35.0 Å². The van der Waals surface area contributed by atoms with E-state index in [9.17, 15) is 18.4 Å². The van der Waals surface area contributed by atoms with Crippen LogP contribution in [0.2, 0.25) is 0 Å². The first-order chi connectivity index (χ1) is 13.9. The van der Waals surface area contributed by atoms with Gasteiger partial charge in [-0.25, -0.2) is 8.78 Å². The summed E-state index contributed by atoms with van der Waals surface area (Å²) in [7, 11) is 0. The van der Waals surface area contributed by atoms with Gasteiger partial charge in [-0.1, -0.05) is 0 Å². The summed E-state index contributed by atoms with van der Waals surface area (Å²) >= 11 is 0. The average Bonchev–Trinajstić information content (AvgIpc) is 3.11. The van der Waals surface area contributed by atoms with Crippen molar-refractivity contribution in [2.75, 3.05) is 13.2 Å². The topological polar surface area (TPSA) is 97.2 Å². The Hall–Kier alpha value is -3.26. The van der Waals surface area contributed by atoms with Crippen molar-refractivity contribution in [1.82, 2.24) is 10.3 Å². The molecule has 0 saturated carbocycles. The molecule has 0 bridgehead atoms. The van der Waals surface area contributed by atoms with Crippen molar-refractivity contribution in [3.63, 3.8) is 0 Å². The Balaban J connectivity index is 1.40. The molecule has 0 aliphatic carbocycles. The number of benzene rings is 2. The summed E-state index contributed by atoms with van der Waals surface area (Å²) in [6, 6.07) is 6.57. The SMILES string of the molecule is NC(=O)c1ccc(F)c2c1CC(NCCC(=O)c1c[nH]c3ccc(F)cc13)CO2. The lowest BCUT2D eigenvalue weighted by Gasteiger charge is -2.27. The number of nitrogens with two attached hydrogens (primary N) is 1. The molecular weight excluding hydrogens is 380 g/mol. The molecule has 150 valence electrons. The second kappa shape index (κ2) is 7.63. The number of aromatic amines is 1. The molecule has 1 aliphatic rings. The van der Waals surface area contributed by atoms with Gasteiger partial charge < -0.3 is 20.8 Å². The number of carbonyl (C=O) groups excluding carboxylic acids is 2. The van der Waals surface area contributed by atoms with E-state index in [0.717, 1.165) is 6.07 Å². The first-order valence-electron chi connectivity index (χ1n) is 9.21. The van der Waals surface area contributed by atoms with Gasteiger partial charge in [-0.05, 0) is 36.8 Å². The number of H-pyrrole nitrogens is 1. The third-order valence-corrected chi connectivity index (χ3v) is 5.09. The number of primary amides is 1. The molecule has 0 radical (unpaired) electrons. The van der Waals surface area contributed by atoms with Gasteiger partial charge in [0.05, 0.1) is 0 Å². The zero-order chi connectivity index (χ0) is 20.5. The summed E-state index contributed by atoms with van der Waals surface area (Å²) in [6.45, 7) is 0.560. The number of ketones is 1. The number of Topliss-reactive ketones (excluding diaryl/α,β-unsaturated/α-hetero) is 1. The number of halogens is 2. The summed E-state index contributed by atoms with van der Waals surface area (Å²) in [5, 5.41) is 3.74. The molecule has 3 aromatic rings. The number of amides is 1. The van der Waals surface area contributed by atoms with E-state index in [1.165, 1.54) is 18.2 Å². The van der Waals surface area contributed by atoms with E-state index in [1.807, 2.05) is 0 Å². The van der Waals surface area contributed by atoms with Crippen molar-refractivity contribution in [2.45, 2.75) is 18.9 Å². The number of aromatic nitrogens is 1. The number of ether oxygens (including phenoxy) is 1. The van der Waals surface area contributed by atoms with Crippen LogP contribution in [0.5, 0.6) is 5.75 Å². The monoisotopic (exact) mass is 399 g/mol. The number of hydrogen-bond donors (Lipinski definition) is 3. The number of carbonyl (C=O) groups is 2. The Morgan fingerprint density at radius 2 is 2.03 bits per heavy atom. The number of hydrogen-bond acceptors (Lipinski definition) is 4. The molecule has 1 amide bonds. The van der Waals surface area contributed by atoms with Crippen LogP contribution in [0.4, 0.5) is 8.78 Å². The highest BCUT2D eigenvalue weighted by molar-refractivity contribution is 6.07. The Morgan fingerprint density at radius 3 is 2.83 bits per heavy atom. The standard InChI is InChI=1S/C21H19F2N3O3/c22-11-1-4-18-14(7-11)16(9-26-18)19(27)5-6-25-12-8-15-13(21(24)28)2-3-17(23)20(15)29-10-12/h1-4,7,9,12,25-26H,5-6,8,10H2,(H2,24,28). The predicted molar refractivity (Wildman–Crippen MR) is 103 cm³/mol. The van der Waals surface area contributed by atoms with Crippen LogP contribution in [0.1, 0.15) is 32.7 Å². The van der Waals surface area contributed by atoms with Crippen LogP contribution in [0.3, 0.4) is 0 Å². The smallest absolute Gasteiger partial charge is 0.249 e. The zero-order valence-corrected chi connectivity index (χ0v) is 15.4. The quantitative estimate of drug-likeness (QED) is 0.555. The minimum Gasteiger partial charge on any atom is -0.489 e.